The van der Waals surface area contributed by atoms with Crippen molar-refractivity contribution < 1.29 is 4.79 Å². The maximum Gasteiger partial charge on any atom is 0.256 e. The van der Waals surface area contributed by atoms with Crippen molar-refractivity contribution in [3.63, 3.8) is 0 Å². The molecular weight excluding hydrogens is 364 g/mol. The van der Waals surface area contributed by atoms with Gasteiger partial charge in [0.2, 0.25) is 5.95 Å². The molecule has 1 N–H and O–H groups in total. The van der Waals surface area contributed by atoms with Gasteiger partial charge in [0, 0.05) is 63.0 Å². The minimum atomic E-state index is -0.00298. The fraction of sp³-hybridized carbons (Fsp3) is 0.500. The Balaban J connectivity index is 1.60. The van der Waals surface area contributed by atoms with Crippen LogP contribution in [0.3, 0.4) is 0 Å². The van der Waals surface area contributed by atoms with Gasteiger partial charge in [-0.2, -0.15) is 0 Å². The number of hydrogen-bond acceptors (Lipinski definition) is 6. The summed E-state index contributed by atoms with van der Waals surface area (Å²) >= 11 is 0. The Kier molecular flexibility index (Phi) is 7.41. The average Bonchev–Trinajstić information content (AvgIpc) is 2.75. The molecule has 0 aliphatic carbocycles. The maximum atomic E-state index is 12.6. The lowest BCUT2D eigenvalue weighted by Gasteiger charge is -2.34. The van der Waals surface area contributed by atoms with Gasteiger partial charge in [-0.1, -0.05) is 13.8 Å². The Labute approximate surface area is 173 Å². The van der Waals surface area contributed by atoms with Gasteiger partial charge in [-0.15, -0.1) is 0 Å². The van der Waals surface area contributed by atoms with Gasteiger partial charge in [0.05, 0.1) is 5.56 Å². The van der Waals surface area contributed by atoms with Crippen molar-refractivity contribution in [2.75, 3.05) is 56.5 Å². The number of rotatable bonds is 8. The van der Waals surface area contributed by atoms with Crippen LogP contribution in [0.25, 0.3) is 0 Å². The molecule has 0 saturated carbocycles. The van der Waals surface area contributed by atoms with Crippen LogP contribution in [0.15, 0.2) is 36.7 Å². The first-order valence-electron chi connectivity index (χ1n) is 10.5. The third-order valence-electron chi connectivity index (χ3n) is 5.16. The molecule has 156 valence electrons. The van der Waals surface area contributed by atoms with Crippen LogP contribution in [0.4, 0.5) is 17.3 Å². The molecule has 0 bridgehead atoms. The first-order valence-corrected chi connectivity index (χ1v) is 10.5. The van der Waals surface area contributed by atoms with Crippen LogP contribution >= 0.6 is 0 Å². The molecule has 0 atom stereocenters. The molecule has 2 aromatic rings. The zero-order valence-electron chi connectivity index (χ0n) is 17.8. The maximum absolute atomic E-state index is 12.6. The largest absolute Gasteiger partial charge is 0.369 e. The van der Waals surface area contributed by atoms with Crippen LogP contribution in [0.1, 0.15) is 37.0 Å². The Morgan fingerprint density at radius 1 is 1.00 bits per heavy atom. The van der Waals surface area contributed by atoms with Crippen molar-refractivity contribution in [2.24, 2.45) is 0 Å². The summed E-state index contributed by atoms with van der Waals surface area (Å²) in [5, 5.41) is 3.21. The zero-order chi connectivity index (χ0) is 20.6. The van der Waals surface area contributed by atoms with E-state index in [0.29, 0.717) is 11.5 Å². The highest BCUT2D eigenvalue weighted by molar-refractivity contribution is 5.93. The van der Waals surface area contributed by atoms with Gasteiger partial charge in [0.1, 0.15) is 0 Å². The smallest absolute Gasteiger partial charge is 0.256 e. The van der Waals surface area contributed by atoms with Crippen molar-refractivity contribution in [1.82, 2.24) is 19.8 Å². The molecule has 7 heteroatoms. The number of nitrogens with zero attached hydrogens (tertiary/aromatic N) is 5. The zero-order valence-corrected chi connectivity index (χ0v) is 17.8. The number of amides is 1. The second kappa shape index (κ2) is 10.2. The van der Waals surface area contributed by atoms with Crippen LogP contribution in [0.2, 0.25) is 0 Å². The predicted octanol–water partition coefficient (Wildman–Crippen LogP) is 3.23. The third-order valence-corrected chi connectivity index (χ3v) is 5.16. The molecule has 0 radical (unpaired) electrons. The number of benzene rings is 1. The third kappa shape index (κ3) is 5.67. The molecule has 1 aromatic carbocycles. The molecule has 7 nitrogen and oxygen atoms in total. The lowest BCUT2D eigenvalue weighted by atomic mass is 10.2. The highest BCUT2D eigenvalue weighted by Crippen LogP contribution is 2.21. The lowest BCUT2D eigenvalue weighted by Crippen LogP contribution is -2.44. The van der Waals surface area contributed by atoms with E-state index in [0.717, 1.165) is 57.8 Å². The molecule has 1 saturated heterocycles. The van der Waals surface area contributed by atoms with E-state index >= 15 is 0 Å². The van der Waals surface area contributed by atoms with E-state index in [1.165, 1.54) is 5.69 Å². The summed E-state index contributed by atoms with van der Waals surface area (Å²) in [7, 11) is 2.16. The van der Waals surface area contributed by atoms with Crippen molar-refractivity contribution >= 4 is 23.2 Å². The summed E-state index contributed by atoms with van der Waals surface area (Å²) in [6, 6.07) is 8.33. The van der Waals surface area contributed by atoms with E-state index in [1.54, 1.807) is 12.4 Å². The van der Waals surface area contributed by atoms with E-state index in [2.05, 4.69) is 58.1 Å². The minimum Gasteiger partial charge on any atom is -0.369 e. The molecule has 2 heterocycles. The van der Waals surface area contributed by atoms with Gasteiger partial charge in [0.15, 0.2) is 0 Å². The summed E-state index contributed by atoms with van der Waals surface area (Å²) < 4.78 is 0. The van der Waals surface area contributed by atoms with E-state index in [4.69, 9.17) is 0 Å². The quantitative estimate of drug-likeness (QED) is 0.739. The van der Waals surface area contributed by atoms with E-state index in [1.807, 2.05) is 17.0 Å². The van der Waals surface area contributed by atoms with Gasteiger partial charge >= 0.3 is 0 Å². The summed E-state index contributed by atoms with van der Waals surface area (Å²) in [5.74, 6) is 0.489. The van der Waals surface area contributed by atoms with Crippen molar-refractivity contribution in [3.8, 4) is 0 Å². The van der Waals surface area contributed by atoms with Crippen LogP contribution in [0.5, 0.6) is 0 Å². The normalized spacial score (nSPS) is 14.7. The molecule has 29 heavy (non-hydrogen) atoms. The Bertz CT molecular complexity index is 763. The summed E-state index contributed by atoms with van der Waals surface area (Å²) in [5.41, 5.74) is 2.70. The summed E-state index contributed by atoms with van der Waals surface area (Å²) in [6.45, 7) is 9.95. The molecule has 1 aromatic heterocycles. The number of piperazine rings is 1. The fourth-order valence-electron chi connectivity index (χ4n) is 3.49. The van der Waals surface area contributed by atoms with Gasteiger partial charge in [-0.25, -0.2) is 9.97 Å². The molecule has 3 rings (SSSR count). The van der Waals surface area contributed by atoms with Gasteiger partial charge in [-0.05, 0) is 44.2 Å². The topological polar surface area (TPSA) is 64.6 Å². The highest BCUT2D eigenvalue weighted by atomic mass is 16.2. The number of carbonyl (C=O) groups excluding carboxylic acids is 1. The van der Waals surface area contributed by atoms with Gasteiger partial charge < -0.3 is 20.0 Å². The second-order valence-electron chi connectivity index (χ2n) is 7.55. The Hall–Kier alpha value is -2.67. The number of aromatic nitrogens is 2. The monoisotopic (exact) mass is 396 g/mol. The predicted molar refractivity (Wildman–Crippen MR) is 118 cm³/mol. The number of nitrogens with one attached hydrogen (secondary N) is 1. The Morgan fingerprint density at radius 2 is 1.59 bits per heavy atom. The van der Waals surface area contributed by atoms with Crippen LogP contribution in [-0.2, 0) is 0 Å². The fourth-order valence-corrected chi connectivity index (χ4v) is 3.49. The minimum absolute atomic E-state index is 0.00298. The SMILES string of the molecule is CCCN(CCC)C(=O)c1cnc(Nc2ccc(N3CCN(C)CC3)cc2)nc1. The average molecular weight is 397 g/mol. The first kappa shape index (κ1) is 21.0. The van der Waals surface area contributed by atoms with Crippen molar-refractivity contribution in [3.05, 3.63) is 42.2 Å². The van der Waals surface area contributed by atoms with Crippen LogP contribution < -0.4 is 10.2 Å². The molecule has 0 unspecified atom stereocenters. The standard InChI is InChI=1S/C22H32N6O/c1-4-10-28(11-5-2)21(29)18-16-23-22(24-17-18)25-19-6-8-20(9-7-19)27-14-12-26(3)13-15-27/h6-9,16-17H,4-5,10-15H2,1-3H3,(H,23,24,25). The molecule has 1 aliphatic heterocycles. The van der Waals surface area contributed by atoms with E-state index in [9.17, 15) is 4.79 Å². The highest BCUT2D eigenvalue weighted by Gasteiger charge is 2.16. The number of hydrogen-bond donors (Lipinski definition) is 1. The molecule has 1 fully saturated rings. The lowest BCUT2D eigenvalue weighted by molar-refractivity contribution is 0.0754. The first-order chi connectivity index (χ1) is 14.1. The van der Waals surface area contributed by atoms with Crippen LogP contribution in [0, 0.1) is 0 Å². The van der Waals surface area contributed by atoms with Gasteiger partial charge in [0.25, 0.3) is 5.91 Å². The van der Waals surface area contributed by atoms with Gasteiger partial charge in [-0.3, -0.25) is 4.79 Å². The second-order valence-corrected chi connectivity index (χ2v) is 7.55. The Morgan fingerprint density at radius 3 is 2.14 bits per heavy atom. The molecule has 1 amide bonds. The van der Waals surface area contributed by atoms with E-state index in [-0.39, 0.29) is 5.91 Å². The molecule has 0 spiro atoms. The van der Waals surface area contributed by atoms with Crippen LogP contribution in [-0.4, -0.2) is 72.0 Å². The number of likely N-dealkylation sites (N-methyl/N-ethyl adjacent to an activating group) is 1. The molecule has 1 aliphatic rings. The van der Waals surface area contributed by atoms with Crippen molar-refractivity contribution in [1.29, 1.82) is 0 Å². The summed E-state index contributed by atoms with van der Waals surface area (Å²) in [4.78, 5) is 27.9. The number of anilines is 3. The summed E-state index contributed by atoms with van der Waals surface area (Å²) in [6.07, 6.45) is 5.09. The van der Waals surface area contributed by atoms with Crippen molar-refractivity contribution in [2.45, 2.75) is 26.7 Å². The van der Waals surface area contributed by atoms with E-state index < -0.39 is 0 Å². The molecular formula is C22H32N6O. The number of carbonyl (C=O) groups is 1.